The number of nitroso groups, excluding NO2 is 1. The Hall–Kier alpha value is -3.23. The van der Waals surface area contributed by atoms with Gasteiger partial charge in [-0.15, -0.1) is 4.91 Å². The summed E-state index contributed by atoms with van der Waals surface area (Å²) in [6.07, 6.45) is -0.0104. The second-order valence-electron chi connectivity index (χ2n) is 9.10. The molecule has 2 aromatic rings. The van der Waals surface area contributed by atoms with Crippen LogP contribution in [0.4, 0.5) is 18.9 Å². The van der Waals surface area contributed by atoms with Gasteiger partial charge in [0.1, 0.15) is 11.8 Å². The zero-order valence-corrected chi connectivity index (χ0v) is 19.8. The molecule has 1 fully saturated rings. The third-order valence-electron chi connectivity index (χ3n) is 6.85. The maximum Gasteiger partial charge on any atom is 0.454 e. The standard InChI is InChI=1S/C25H27F3N4O4/c1-15-18(20(14-29)31-36-24(33)25(26,27)28)8-10-22-23(15)19-13-16(30-34)7-9-21(19)32(22)11-12-35-17-5-3-2-4-6-17/h7,9-10,13,17-18,24,33H,2-6,8,11-12H2,1H3/b31-20+/t18?,24-/m1/s1. The Morgan fingerprint density at radius 2 is 2.06 bits per heavy atom. The molecule has 36 heavy (non-hydrogen) atoms. The molecule has 11 heteroatoms. The van der Waals surface area contributed by atoms with Gasteiger partial charge in [0.15, 0.2) is 5.71 Å². The SMILES string of the molecule is CC1=c2c(n(CCOC3CCCCC3)c3ccc(N=O)cc23)=CCC1/C(C#N)=N/O[C@@H](O)C(F)(F)F. The van der Waals surface area contributed by atoms with Gasteiger partial charge in [0, 0.05) is 33.9 Å². The fourth-order valence-electron chi connectivity index (χ4n) is 5.05. The van der Waals surface area contributed by atoms with Gasteiger partial charge in [0.05, 0.1) is 12.7 Å². The van der Waals surface area contributed by atoms with Gasteiger partial charge in [0.25, 0.3) is 0 Å². The Morgan fingerprint density at radius 1 is 1.31 bits per heavy atom. The molecule has 2 aliphatic carbocycles. The van der Waals surface area contributed by atoms with Crippen LogP contribution in [0.15, 0.2) is 28.5 Å². The number of hydrogen-bond acceptors (Lipinski definition) is 7. The molecule has 1 saturated carbocycles. The van der Waals surface area contributed by atoms with Crippen molar-refractivity contribution >= 4 is 34.0 Å². The maximum absolute atomic E-state index is 12.6. The lowest BCUT2D eigenvalue weighted by Gasteiger charge is -2.22. The van der Waals surface area contributed by atoms with E-state index in [1.165, 1.54) is 19.3 Å². The first kappa shape index (κ1) is 25.9. The summed E-state index contributed by atoms with van der Waals surface area (Å²) in [7, 11) is 0. The Bertz CT molecular complexity index is 1320. The summed E-state index contributed by atoms with van der Waals surface area (Å²) < 4.78 is 46.0. The number of oxime groups is 1. The Morgan fingerprint density at radius 3 is 2.72 bits per heavy atom. The average Bonchev–Trinajstić information content (AvgIpc) is 3.18. The predicted octanol–water partition coefficient (Wildman–Crippen LogP) is 4.14. The van der Waals surface area contributed by atoms with Crippen LogP contribution in [0.1, 0.15) is 45.4 Å². The lowest BCUT2D eigenvalue weighted by molar-refractivity contribution is -0.293. The summed E-state index contributed by atoms with van der Waals surface area (Å²) >= 11 is 0. The molecule has 2 aliphatic rings. The van der Waals surface area contributed by atoms with E-state index < -0.39 is 18.4 Å². The van der Waals surface area contributed by atoms with E-state index in [4.69, 9.17) is 9.84 Å². The molecule has 4 rings (SSSR count). The van der Waals surface area contributed by atoms with Crippen molar-refractivity contribution in [2.45, 2.75) is 70.6 Å². The van der Waals surface area contributed by atoms with E-state index in [1.807, 2.05) is 12.1 Å². The molecule has 0 bridgehead atoms. The predicted molar refractivity (Wildman–Crippen MR) is 127 cm³/mol. The van der Waals surface area contributed by atoms with Crippen LogP contribution in [0.3, 0.4) is 0 Å². The Kier molecular flexibility index (Phi) is 7.76. The third-order valence-corrected chi connectivity index (χ3v) is 6.85. The van der Waals surface area contributed by atoms with E-state index in [0.717, 1.165) is 34.3 Å². The number of hydrogen-bond donors (Lipinski definition) is 1. The van der Waals surface area contributed by atoms with Crippen molar-refractivity contribution in [2.75, 3.05) is 6.61 Å². The van der Waals surface area contributed by atoms with E-state index in [9.17, 15) is 23.3 Å². The van der Waals surface area contributed by atoms with Crippen molar-refractivity contribution < 1.29 is 27.9 Å². The second kappa shape index (κ2) is 10.8. The highest BCUT2D eigenvalue weighted by Crippen LogP contribution is 2.26. The number of benzene rings is 1. The number of rotatable bonds is 8. The molecule has 1 N–H and O–H groups in total. The minimum Gasteiger partial charge on any atom is -0.376 e. The van der Waals surface area contributed by atoms with Gasteiger partial charge >= 0.3 is 12.5 Å². The molecule has 8 nitrogen and oxygen atoms in total. The summed E-state index contributed by atoms with van der Waals surface area (Å²) in [6.45, 7) is 2.86. The fraction of sp³-hybridized carbons (Fsp3) is 0.520. The van der Waals surface area contributed by atoms with Crippen molar-refractivity contribution in [3.63, 3.8) is 0 Å². The lowest BCUT2D eigenvalue weighted by Crippen LogP contribution is -2.38. The Labute approximate surface area is 205 Å². The first-order chi connectivity index (χ1) is 17.2. The van der Waals surface area contributed by atoms with Gasteiger partial charge in [-0.05, 0) is 49.6 Å². The zero-order valence-electron chi connectivity index (χ0n) is 19.8. The highest BCUT2D eigenvalue weighted by atomic mass is 19.4. The maximum atomic E-state index is 12.6. The molecule has 1 unspecified atom stereocenters. The monoisotopic (exact) mass is 504 g/mol. The molecule has 0 amide bonds. The van der Waals surface area contributed by atoms with Crippen molar-refractivity contribution in [1.82, 2.24) is 4.57 Å². The van der Waals surface area contributed by atoms with Crippen LogP contribution >= 0.6 is 0 Å². The van der Waals surface area contributed by atoms with Crippen molar-refractivity contribution in [2.24, 2.45) is 16.3 Å². The molecular weight excluding hydrogens is 477 g/mol. The van der Waals surface area contributed by atoms with Gasteiger partial charge in [-0.25, -0.2) is 0 Å². The number of halogens is 3. The van der Waals surface area contributed by atoms with Crippen LogP contribution in [0, 0.1) is 22.2 Å². The first-order valence-corrected chi connectivity index (χ1v) is 11.9. The zero-order chi connectivity index (χ0) is 25.9. The van der Waals surface area contributed by atoms with Crippen molar-refractivity contribution in [3.05, 3.63) is 33.7 Å². The van der Waals surface area contributed by atoms with Gasteiger partial charge in [-0.1, -0.05) is 36.1 Å². The fourth-order valence-corrected chi connectivity index (χ4v) is 5.05. The van der Waals surface area contributed by atoms with E-state index >= 15 is 0 Å². The quantitative estimate of drug-likeness (QED) is 0.252. The van der Waals surface area contributed by atoms with Crippen LogP contribution in [0.2, 0.25) is 0 Å². The minimum atomic E-state index is -5.03. The summed E-state index contributed by atoms with van der Waals surface area (Å²) in [5, 5.41) is 27.4. The van der Waals surface area contributed by atoms with Crippen LogP contribution in [0.25, 0.3) is 22.6 Å². The summed E-state index contributed by atoms with van der Waals surface area (Å²) in [6, 6.07) is 6.89. The van der Waals surface area contributed by atoms with E-state index in [0.29, 0.717) is 25.1 Å². The molecule has 0 aliphatic heterocycles. The number of fused-ring (bicyclic) bond motifs is 3. The topological polar surface area (TPSA) is 109 Å². The van der Waals surface area contributed by atoms with Gasteiger partial charge in [-0.3, -0.25) is 0 Å². The largest absolute Gasteiger partial charge is 0.454 e. The normalized spacial score (nSPS) is 19.9. The van der Waals surface area contributed by atoms with Crippen LogP contribution in [-0.4, -0.2) is 40.6 Å². The number of aromatic nitrogens is 1. The Balaban J connectivity index is 1.71. The van der Waals surface area contributed by atoms with E-state index in [2.05, 4.69) is 19.7 Å². The van der Waals surface area contributed by atoms with E-state index in [-0.39, 0.29) is 17.5 Å². The van der Waals surface area contributed by atoms with Crippen molar-refractivity contribution in [3.8, 4) is 6.07 Å². The molecule has 192 valence electrons. The van der Waals surface area contributed by atoms with Crippen LogP contribution < -0.4 is 10.6 Å². The highest BCUT2D eigenvalue weighted by Gasteiger charge is 2.41. The average molecular weight is 505 g/mol. The first-order valence-electron chi connectivity index (χ1n) is 11.9. The van der Waals surface area contributed by atoms with Gasteiger partial charge in [-0.2, -0.15) is 18.4 Å². The number of ether oxygens (including phenoxy) is 1. The lowest BCUT2D eigenvalue weighted by atomic mass is 9.87. The summed E-state index contributed by atoms with van der Waals surface area (Å²) in [4.78, 5) is 15.4. The van der Waals surface area contributed by atoms with Crippen LogP contribution in [0.5, 0.6) is 0 Å². The number of aliphatic hydroxyl groups excluding tert-OH is 1. The molecule has 0 radical (unpaired) electrons. The van der Waals surface area contributed by atoms with Crippen molar-refractivity contribution in [1.29, 1.82) is 5.26 Å². The number of nitrogens with zero attached hydrogens (tertiary/aromatic N) is 4. The molecule has 1 aromatic carbocycles. The smallest absolute Gasteiger partial charge is 0.376 e. The molecule has 1 heterocycles. The number of aliphatic hydroxyl groups is 1. The molecule has 0 spiro atoms. The van der Waals surface area contributed by atoms with Crippen LogP contribution in [-0.2, 0) is 16.1 Å². The molecule has 0 saturated heterocycles. The molecular formula is C25H27F3N4O4. The summed E-state index contributed by atoms with van der Waals surface area (Å²) in [5.74, 6) is -0.659. The minimum absolute atomic E-state index is 0.238. The molecule has 1 aromatic heterocycles. The third kappa shape index (κ3) is 5.29. The number of nitriles is 1. The van der Waals surface area contributed by atoms with Gasteiger partial charge < -0.3 is 19.2 Å². The highest BCUT2D eigenvalue weighted by molar-refractivity contribution is 6.06. The van der Waals surface area contributed by atoms with Gasteiger partial charge in [0.2, 0.25) is 0 Å². The summed E-state index contributed by atoms with van der Waals surface area (Å²) in [5.41, 5.74) is 1.50. The number of alkyl halides is 3. The van der Waals surface area contributed by atoms with E-state index in [1.54, 1.807) is 25.1 Å². The molecule has 2 atom stereocenters. The second-order valence-corrected chi connectivity index (χ2v) is 9.10.